The first-order chi connectivity index (χ1) is 11.5. The third-order valence-corrected chi connectivity index (χ3v) is 3.58. The molecule has 0 atom stereocenters. The second-order valence-corrected chi connectivity index (χ2v) is 5.19. The summed E-state index contributed by atoms with van der Waals surface area (Å²) in [6.07, 6.45) is 0.632. The molecule has 1 amide bonds. The number of benzene rings is 1. The molecule has 0 unspecified atom stereocenters. The number of carbonyl (C=O) groups is 2. The maximum absolute atomic E-state index is 12.1. The number of hydrogen-bond acceptors (Lipinski definition) is 6. The van der Waals surface area contributed by atoms with Gasteiger partial charge in [-0.3, -0.25) is 4.79 Å². The lowest BCUT2D eigenvalue weighted by atomic mass is 10.0. The Hall–Kier alpha value is -2.80. The van der Waals surface area contributed by atoms with Crippen LogP contribution in [0.15, 0.2) is 41.4 Å². The van der Waals surface area contributed by atoms with Crippen LogP contribution in [0.25, 0.3) is 5.57 Å². The molecule has 0 aromatic heterocycles. The summed E-state index contributed by atoms with van der Waals surface area (Å²) in [5.74, 6) is -0.986. The number of nitrogens with one attached hydrogen (secondary N) is 1. The van der Waals surface area contributed by atoms with Gasteiger partial charge in [-0.15, -0.1) is 0 Å². The summed E-state index contributed by atoms with van der Waals surface area (Å²) in [4.78, 5) is 24.1. The van der Waals surface area contributed by atoms with Crippen LogP contribution in [0.2, 0.25) is 0 Å². The van der Waals surface area contributed by atoms with Crippen molar-refractivity contribution < 1.29 is 24.2 Å². The topological polar surface area (TPSA) is 111 Å². The molecule has 0 spiro atoms. The quantitative estimate of drug-likeness (QED) is 0.411. The van der Waals surface area contributed by atoms with Crippen molar-refractivity contribution in [3.8, 4) is 5.75 Å². The monoisotopic (exact) mass is 332 g/mol. The average Bonchev–Trinajstić information content (AvgIpc) is 2.89. The van der Waals surface area contributed by atoms with Crippen LogP contribution in [-0.4, -0.2) is 37.2 Å². The molecular formula is C17H20N2O5. The zero-order valence-corrected chi connectivity index (χ0v) is 13.6. The summed E-state index contributed by atoms with van der Waals surface area (Å²) in [5.41, 5.74) is 5.99. The zero-order chi connectivity index (χ0) is 17.7. The van der Waals surface area contributed by atoms with Gasteiger partial charge in [0.15, 0.2) is 11.5 Å². The fourth-order valence-electron chi connectivity index (χ4n) is 2.21. The van der Waals surface area contributed by atoms with E-state index < -0.39 is 11.9 Å². The fraction of sp³-hybridized carbons (Fsp3) is 0.294. The minimum Gasteiger partial charge on any atom is -0.504 e. The van der Waals surface area contributed by atoms with Crippen LogP contribution >= 0.6 is 0 Å². The molecule has 4 N–H and O–H groups in total. The molecule has 7 heteroatoms. The summed E-state index contributed by atoms with van der Waals surface area (Å²) >= 11 is 0. The Balaban J connectivity index is 2.30. The number of methoxy groups -OCH3 is 1. The highest BCUT2D eigenvalue weighted by Crippen LogP contribution is 2.33. The molecular weight excluding hydrogens is 312 g/mol. The molecule has 1 aromatic rings. The second kappa shape index (κ2) is 7.65. The number of amides is 1. The largest absolute Gasteiger partial charge is 0.504 e. The lowest BCUT2D eigenvalue weighted by molar-refractivity contribution is -0.131. The third kappa shape index (κ3) is 3.57. The van der Waals surface area contributed by atoms with Crippen LogP contribution in [0.4, 0.5) is 0 Å². The van der Waals surface area contributed by atoms with E-state index in [1.165, 1.54) is 14.0 Å². The molecule has 2 rings (SSSR count). The van der Waals surface area contributed by atoms with Gasteiger partial charge in [0.25, 0.3) is 5.91 Å². The number of ether oxygens (including phenoxy) is 2. The predicted molar refractivity (Wildman–Crippen MR) is 88.0 cm³/mol. The molecule has 1 aromatic carbocycles. The predicted octanol–water partition coefficient (Wildman–Crippen LogP) is 1.26. The van der Waals surface area contributed by atoms with Crippen LogP contribution in [0, 0.1) is 0 Å². The average molecular weight is 332 g/mol. The van der Waals surface area contributed by atoms with Crippen LogP contribution < -0.4 is 15.8 Å². The summed E-state index contributed by atoms with van der Waals surface area (Å²) in [6, 6.07) is 6.59. The summed E-state index contributed by atoms with van der Waals surface area (Å²) < 4.78 is 10.1. The molecule has 24 heavy (non-hydrogen) atoms. The van der Waals surface area contributed by atoms with Crippen molar-refractivity contribution in [2.45, 2.75) is 13.3 Å². The first-order valence-electron chi connectivity index (χ1n) is 7.49. The van der Waals surface area contributed by atoms with Gasteiger partial charge in [0.05, 0.1) is 12.7 Å². The molecule has 0 saturated heterocycles. The molecule has 7 nitrogen and oxygen atoms in total. The summed E-state index contributed by atoms with van der Waals surface area (Å²) in [5, 5.41) is 13.0. The lowest BCUT2D eigenvalue weighted by Gasteiger charge is -2.07. The Morgan fingerprint density at radius 2 is 2.00 bits per heavy atom. The number of carbonyl (C=O) groups excluding carboxylic acids is 2. The van der Waals surface area contributed by atoms with Crippen LogP contribution in [0.1, 0.15) is 18.9 Å². The van der Waals surface area contributed by atoms with E-state index in [0.29, 0.717) is 30.8 Å². The van der Waals surface area contributed by atoms with E-state index >= 15 is 0 Å². The van der Waals surface area contributed by atoms with Gasteiger partial charge in [0.1, 0.15) is 11.3 Å². The van der Waals surface area contributed by atoms with Gasteiger partial charge in [-0.2, -0.15) is 0 Å². The van der Waals surface area contributed by atoms with Gasteiger partial charge in [0, 0.05) is 6.54 Å². The van der Waals surface area contributed by atoms with Crippen LogP contribution in [0.3, 0.4) is 0 Å². The highest BCUT2D eigenvalue weighted by atomic mass is 16.6. The first-order valence-corrected chi connectivity index (χ1v) is 7.49. The number of hydrogen-bond donors (Lipinski definition) is 3. The smallest absolute Gasteiger partial charge is 0.348 e. The van der Waals surface area contributed by atoms with E-state index in [9.17, 15) is 14.7 Å². The molecule has 128 valence electrons. The molecule has 1 heterocycles. The van der Waals surface area contributed by atoms with E-state index in [2.05, 4.69) is 5.32 Å². The molecule has 0 bridgehead atoms. The van der Waals surface area contributed by atoms with Crippen LogP contribution in [0.5, 0.6) is 5.75 Å². The number of cyclic esters (lactones) is 1. The Kier molecular flexibility index (Phi) is 5.59. The van der Waals surface area contributed by atoms with Crippen molar-refractivity contribution >= 4 is 17.4 Å². The van der Waals surface area contributed by atoms with Crippen molar-refractivity contribution in [3.05, 3.63) is 46.9 Å². The number of aliphatic hydroxyl groups excluding tert-OH is 1. The molecule has 0 aliphatic carbocycles. The number of nitrogens with two attached hydrogens (primary N) is 1. The number of aliphatic hydroxyl groups is 1. The second-order valence-electron chi connectivity index (χ2n) is 5.19. The third-order valence-electron chi connectivity index (χ3n) is 3.58. The minimum atomic E-state index is -0.707. The van der Waals surface area contributed by atoms with Crippen LogP contribution in [-0.2, 0) is 14.3 Å². The standard InChI is InChI=1S/C17H20N2O5/c1-10(16(21)19-9-3-8-18)15-14(20)13(17(22)24-15)11-4-6-12(23-2)7-5-11/h4-7,20H,3,8-9,18H2,1-2H3,(H,19,21)/b15-10+. The van der Waals surface area contributed by atoms with Gasteiger partial charge in [-0.05, 0) is 37.6 Å². The number of esters is 1. The van der Waals surface area contributed by atoms with Crippen molar-refractivity contribution in [1.82, 2.24) is 5.32 Å². The van der Waals surface area contributed by atoms with E-state index in [1.54, 1.807) is 24.3 Å². The molecule has 1 aliphatic heterocycles. The van der Waals surface area contributed by atoms with E-state index in [0.717, 1.165) is 0 Å². The zero-order valence-electron chi connectivity index (χ0n) is 13.6. The lowest BCUT2D eigenvalue weighted by Crippen LogP contribution is -2.27. The van der Waals surface area contributed by atoms with Crippen molar-refractivity contribution in [1.29, 1.82) is 0 Å². The van der Waals surface area contributed by atoms with E-state index in [-0.39, 0.29) is 22.7 Å². The summed E-state index contributed by atoms with van der Waals surface area (Å²) in [6.45, 7) is 2.34. The SMILES string of the molecule is COc1ccc(C2=C(O)/C(=C(/C)C(=O)NCCCN)OC2=O)cc1. The Labute approximate surface area is 139 Å². The van der Waals surface area contributed by atoms with E-state index in [4.69, 9.17) is 15.2 Å². The van der Waals surface area contributed by atoms with Crippen molar-refractivity contribution in [3.63, 3.8) is 0 Å². The van der Waals surface area contributed by atoms with Crippen molar-refractivity contribution in [2.75, 3.05) is 20.2 Å². The Morgan fingerprint density at radius 1 is 1.33 bits per heavy atom. The van der Waals surface area contributed by atoms with Gasteiger partial charge in [-0.1, -0.05) is 12.1 Å². The molecule has 0 fully saturated rings. The fourth-order valence-corrected chi connectivity index (χ4v) is 2.21. The minimum absolute atomic E-state index is 0.0155. The first kappa shape index (κ1) is 17.6. The molecule has 1 aliphatic rings. The van der Waals surface area contributed by atoms with Crippen molar-refractivity contribution in [2.24, 2.45) is 5.73 Å². The highest BCUT2D eigenvalue weighted by molar-refractivity contribution is 6.21. The molecule has 0 saturated carbocycles. The normalized spacial score (nSPS) is 16.0. The van der Waals surface area contributed by atoms with Gasteiger partial charge in [0.2, 0.25) is 0 Å². The maximum Gasteiger partial charge on any atom is 0.348 e. The Morgan fingerprint density at radius 3 is 2.58 bits per heavy atom. The maximum atomic E-state index is 12.1. The summed E-state index contributed by atoms with van der Waals surface area (Å²) in [7, 11) is 1.53. The Bertz CT molecular complexity index is 704. The van der Waals surface area contributed by atoms with Gasteiger partial charge < -0.3 is 25.6 Å². The van der Waals surface area contributed by atoms with E-state index in [1.807, 2.05) is 0 Å². The number of rotatable bonds is 6. The highest BCUT2D eigenvalue weighted by Gasteiger charge is 2.33. The molecule has 0 radical (unpaired) electrons. The van der Waals surface area contributed by atoms with Gasteiger partial charge in [-0.25, -0.2) is 4.79 Å². The van der Waals surface area contributed by atoms with Gasteiger partial charge >= 0.3 is 5.97 Å².